The average molecular weight is 235 g/mol. The molecule has 0 bridgehead atoms. The SMILES string of the molecule is CCNS(=O)(=O)N(C)C1CCC(N)CC1. The smallest absolute Gasteiger partial charge is 0.279 e. The monoisotopic (exact) mass is 235 g/mol. The summed E-state index contributed by atoms with van der Waals surface area (Å²) in [7, 11) is -1.65. The molecule has 1 saturated carbocycles. The Labute approximate surface area is 92.2 Å². The molecule has 0 radical (unpaired) electrons. The van der Waals surface area contributed by atoms with Gasteiger partial charge in [0, 0.05) is 25.7 Å². The standard InChI is InChI=1S/C9H21N3O2S/c1-3-11-15(13,14)12(2)9-6-4-8(10)5-7-9/h8-9,11H,3-7,10H2,1-2H3. The van der Waals surface area contributed by atoms with Gasteiger partial charge < -0.3 is 5.73 Å². The van der Waals surface area contributed by atoms with Crippen molar-refractivity contribution in [3.05, 3.63) is 0 Å². The first-order chi connectivity index (χ1) is 6.97. The van der Waals surface area contributed by atoms with Crippen molar-refractivity contribution >= 4 is 10.2 Å². The van der Waals surface area contributed by atoms with Gasteiger partial charge >= 0.3 is 0 Å². The first kappa shape index (κ1) is 12.9. The molecule has 90 valence electrons. The predicted molar refractivity (Wildman–Crippen MR) is 60.6 cm³/mol. The fraction of sp³-hybridized carbons (Fsp3) is 1.00. The van der Waals surface area contributed by atoms with E-state index in [1.165, 1.54) is 4.31 Å². The van der Waals surface area contributed by atoms with Gasteiger partial charge in [0.1, 0.15) is 0 Å². The highest BCUT2D eigenvalue weighted by molar-refractivity contribution is 7.87. The quantitative estimate of drug-likeness (QED) is 0.722. The number of rotatable bonds is 4. The van der Waals surface area contributed by atoms with Crippen LogP contribution in [0.1, 0.15) is 32.6 Å². The van der Waals surface area contributed by atoms with Crippen LogP contribution in [0.4, 0.5) is 0 Å². The van der Waals surface area contributed by atoms with Crippen LogP contribution in [0, 0.1) is 0 Å². The Morgan fingerprint density at radius 2 is 1.87 bits per heavy atom. The van der Waals surface area contributed by atoms with Crippen molar-refractivity contribution in [1.82, 2.24) is 9.03 Å². The van der Waals surface area contributed by atoms with Gasteiger partial charge in [0.15, 0.2) is 0 Å². The topological polar surface area (TPSA) is 75.4 Å². The van der Waals surface area contributed by atoms with Crippen molar-refractivity contribution < 1.29 is 8.42 Å². The Balaban J connectivity index is 2.57. The number of hydrogen-bond donors (Lipinski definition) is 2. The number of hydrogen-bond acceptors (Lipinski definition) is 3. The third kappa shape index (κ3) is 3.41. The molecule has 1 fully saturated rings. The van der Waals surface area contributed by atoms with E-state index in [1.807, 2.05) is 0 Å². The zero-order chi connectivity index (χ0) is 11.5. The largest absolute Gasteiger partial charge is 0.328 e. The molecule has 1 aliphatic carbocycles. The predicted octanol–water partition coefficient (Wildman–Crippen LogP) is 0.0424. The molecule has 1 rings (SSSR count). The fourth-order valence-corrected chi connectivity index (χ4v) is 3.12. The van der Waals surface area contributed by atoms with Crippen LogP contribution in [0.2, 0.25) is 0 Å². The third-order valence-electron chi connectivity index (χ3n) is 2.96. The molecule has 0 aromatic heterocycles. The van der Waals surface area contributed by atoms with Gasteiger partial charge in [0.25, 0.3) is 10.2 Å². The van der Waals surface area contributed by atoms with E-state index in [-0.39, 0.29) is 12.1 Å². The van der Waals surface area contributed by atoms with E-state index in [4.69, 9.17) is 5.73 Å². The summed E-state index contributed by atoms with van der Waals surface area (Å²) < 4.78 is 27.3. The average Bonchev–Trinajstić information content (AvgIpc) is 2.18. The molecule has 0 aliphatic heterocycles. The van der Waals surface area contributed by atoms with Gasteiger partial charge in [-0.2, -0.15) is 12.7 Å². The molecule has 0 aromatic rings. The molecule has 6 heteroatoms. The summed E-state index contributed by atoms with van der Waals surface area (Å²) in [4.78, 5) is 0. The second kappa shape index (κ2) is 5.25. The van der Waals surface area contributed by atoms with E-state index in [0.29, 0.717) is 6.54 Å². The molecule has 1 aliphatic rings. The summed E-state index contributed by atoms with van der Waals surface area (Å²) in [6, 6.07) is 0.352. The fourth-order valence-electron chi connectivity index (χ4n) is 1.95. The molecule has 0 spiro atoms. The van der Waals surface area contributed by atoms with Gasteiger partial charge in [-0.1, -0.05) is 6.92 Å². The van der Waals surface area contributed by atoms with E-state index < -0.39 is 10.2 Å². The molecule has 15 heavy (non-hydrogen) atoms. The Hall–Kier alpha value is -0.170. The van der Waals surface area contributed by atoms with Crippen molar-refractivity contribution in [3.8, 4) is 0 Å². The summed E-state index contributed by atoms with van der Waals surface area (Å²) in [5.41, 5.74) is 5.78. The Morgan fingerprint density at radius 1 is 1.33 bits per heavy atom. The summed E-state index contributed by atoms with van der Waals surface area (Å²) in [6.07, 6.45) is 3.55. The van der Waals surface area contributed by atoms with E-state index >= 15 is 0 Å². The lowest BCUT2D eigenvalue weighted by Crippen LogP contribution is -2.46. The van der Waals surface area contributed by atoms with Crippen molar-refractivity contribution in [2.45, 2.75) is 44.7 Å². The Morgan fingerprint density at radius 3 is 2.33 bits per heavy atom. The summed E-state index contributed by atoms with van der Waals surface area (Å²) >= 11 is 0. The molecular formula is C9H21N3O2S. The molecule has 3 N–H and O–H groups in total. The van der Waals surface area contributed by atoms with E-state index in [2.05, 4.69) is 4.72 Å². The molecular weight excluding hydrogens is 214 g/mol. The minimum absolute atomic E-state index is 0.105. The van der Waals surface area contributed by atoms with Gasteiger partial charge in [0.05, 0.1) is 0 Å². The summed E-state index contributed by atoms with van der Waals surface area (Å²) in [5.74, 6) is 0. The minimum atomic E-state index is -3.28. The van der Waals surface area contributed by atoms with Gasteiger partial charge in [0.2, 0.25) is 0 Å². The van der Waals surface area contributed by atoms with Gasteiger partial charge in [-0.15, -0.1) is 0 Å². The molecule has 5 nitrogen and oxygen atoms in total. The number of nitrogens with zero attached hydrogens (tertiary/aromatic N) is 1. The highest BCUT2D eigenvalue weighted by Gasteiger charge is 2.28. The lowest BCUT2D eigenvalue weighted by Gasteiger charge is -2.32. The lowest BCUT2D eigenvalue weighted by atomic mass is 9.92. The van der Waals surface area contributed by atoms with Crippen LogP contribution in [0.15, 0.2) is 0 Å². The van der Waals surface area contributed by atoms with Crippen molar-refractivity contribution in [1.29, 1.82) is 0 Å². The zero-order valence-corrected chi connectivity index (χ0v) is 10.3. The third-order valence-corrected chi connectivity index (χ3v) is 4.67. The van der Waals surface area contributed by atoms with Crippen LogP contribution in [0.5, 0.6) is 0 Å². The highest BCUT2D eigenvalue weighted by Crippen LogP contribution is 2.22. The van der Waals surface area contributed by atoms with Crippen molar-refractivity contribution in [2.24, 2.45) is 5.73 Å². The summed E-state index contributed by atoms with van der Waals surface area (Å²) in [6.45, 7) is 2.21. The van der Waals surface area contributed by atoms with E-state index in [1.54, 1.807) is 14.0 Å². The number of nitrogens with one attached hydrogen (secondary N) is 1. The first-order valence-corrected chi connectivity index (χ1v) is 6.89. The maximum absolute atomic E-state index is 11.7. The zero-order valence-electron chi connectivity index (χ0n) is 9.44. The van der Waals surface area contributed by atoms with Gasteiger partial charge in [-0.25, -0.2) is 4.72 Å². The first-order valence-electron chi connectivity index (χ1n) is 5.45. The second-order valence-electron chi connectivity index (χ2n) is 4.09. The Bertz CT molecular complexity index is 284. The molecule has 0 heterocycles. The Kier molecular flexibility index (Phi) is 4.51. The van der Waals surface area contributed by atoms with Crippen LogP contribution in [0.25, 0.3) is 0 Å². The van der Waals surface area contributed by atoms with E-state index in [0.717, 1.165) is 25.7 Å². The van der Waals surface area contributed by atoms with Crippen LogP contribution < -0.4 is 10.5 Å². The minimum Gasteiger partial charge on any atom is -0.328 e. The molecule has 0 saturated heterocycles. The van der Waals surface area contributed by atoms with Gasteiger partial charge in [-0.05, 0) is 25.7 Å². The maximum atomic E-state index is 11.7. The second-order valence-corrected chi connectivity index (χ2v) is 5.90. The van der Waals surface area contributed by atoms with Crippen molar-refractivity contribution in [2.75, 3.05) is 13.6 Å². The highest BCUT2D eigenvalue weighted by atomic mass is 32.2. The van der Waals surface area contributed by atoms with Crippen LogP contribution in [-0.2, 0) is 10.2 Å². The maximum Gasteiger partial charge on any atom is 0.279 e. The molecule has 0 amide bonds. The molecule has 0 atom stereocenters. The summed E-state index contributed by atoms with van der Waals surface area (Å²) in [5, 5.41) is 0. The normalized spacial score (nSPS) is 28.3. The van der Waals surface area contributed by atoms with Crippen LogP contribution >= 0.6 is 0 Å². The van der Waals surface area contributed by atoms with E-state index in [9.17, 15) is 8.42 Å². The number of nitrogens with two attached hydrogens (primary N) is 1. The van der Waals surface area contributed by atoms with Crippen LogP contribution in [0.3, 0.4) is 0 Å². The van der Waals surface area contributed by atoms with Crippen molar-refractivity contribution in [3.63, 3.8) is 0 Å². The van der Waals surface area contributed by atoms with Gasteiger partial charge in [-0.3, -0.25) is 0 Å². The van der Waals surface area contributed by atoms with Crippen LogP contribution in [-0.4, -0.2) is 38.4 Å². The molecule has 0 unspecified atom stereocenters. The lowest BCUT2D eigenvalue weighted by molar-refractivity contribution is 0.266. The molecule has 0 aromatic carbocycles.